The zero-order chi connectivity index (χ0) is 19.0. The summed E-state index contributed by atoms with van der Waals surface area (Å²) in [5.74, 6) is 1.16. The Kier molecular flexibility index (Phi) is 7.71. The number of hydrogen-bond donors (Lipinski definition) is 1. The molecule has 0 radical (unpaired) electrons. The lowest BCUT2D eigenvalue weighted by atomic mass is 10.00. The fraction of sp³-hybridized carbons (Fsp3) is 0.611. The van der Waals surface area contributed by atoms with Crippen LogP contribution < -0.4 is 14.8 Å². The number of piperidine rings is 1. The predicted molar refractivity (Wildman–Crippen MR) is 99.9 cm³/mol. The number of para-hydroxylation sites is 2. The second kappa shape index (κ2) is 9.78. The number of carbonyl (C=O) groups excluding carboxylic acids is 1. The van der Waals surface area contributed by atoms with Crippen LogP contribution >= 0.6 is 0 Å². The number of rotatable bonds is 9. The number of amides is 1. The molecule has 1 aromatic carbocycles. The minimum atomic E-state index is -3.18. The molecule has 1 atom stereocenters. The molecule has 1 N–H and O–H groups in total. The lowest BCUT2D eigenvalue weighted by molar-refractivity contribution is -0.123. The number of sulfonamides is 1. The fourth-order valence-corrected chi connectivity index (χ4v) is 4.64. The lowest BCUT2D eigenvalue weighted by Gasteiger charge is -2.32. The Morgan fingerprint density at radius 3 is 2.73 bits per heavy atom. The summed E-state index contributed by atoms with van der Waals surface area (Å²) in [5, 5.41) is 2.84. The highest BCUT2D eigenvalue weighted by Crippen LogP contribution is 2.25. The van der Waals surface area contributed by atoms with Gasteiger partial charge >= 0.3 is 0 Å². The van der Waals surface area contributed by atoms with Crippen LogP contribution in [0.1, 0.15) is 26.2 Å². The van der Waals surface area contributed by atoms with Gasteiger partial charge < -0.3 is 14.8 Å². The van der Waals surface area contributed by atoms with E-state index in [1.165, 1.54) is 0 Å². The SMILES string of the molecule is CCCS(=O)(=O)N1CCCC(CNC(=O)COc2ccccc2OC)C1. The molecule has 1 saturated heterocycles. The summed E-state index contributed by atoms with van der Waals surface area (Å²) < 4.78 is 36.6. The summed E-state index contributed by atoms with van der Waals surface area (Å²) >= 11 is 0. The van der Waals surface area contributed by atoms with Gasteiger partial charge in [-0.05, 0) is 37.3 Å². The van der Waals surface area contributed by atoms with Crippen molar-refractivity contribution in [3.63, 3.8) is 0 Å². The minimum Gasteiger partial charge on any atom is -0.493 e. The van der Waals surface area contributed by atoms with Gasteiger partial charge in [-0.15, -0.1) is 0 Å². The largest absolute Gasteiger partial charge is 0.493 e. The molecule has 0 aliphatic carbocycles. The summed E-state index contributed by atoms with van der Waals surface area (Å²) in [6.45, 7) is 3.25. The molecule has 1 aliphatic heterocycles. The number of hydrogen-bond acceptors (Lipinski definition) is 5. The summed E-state index contributed by atoms with van der Waals surface area (Å²) in [4.78, 5) is 12.0. The molecule has 2 rings (SSSR count). The van der Waals surface area contributed by atoms with E-state index in [9.17, 15) is 13.2 Å². The second-order valence-corrected chi connectivity index (χ2v) is 8.51. The van der Waals surface area contributed by atoms with Gasteiger partial charge in [0.15, 0.2) is 18.1 Å². The van der Waals surface area contributed by atoms with Crippen molar-refractivity contribution in [2.45, 2.75) is 26.2 Å². The summed E-state index contributed by atoms with van der Waals surface area (Å²) in [5.41, 5.74) is 0. The standard InChI is InChI=1S/C18H28N2O5S/c1-3-11-26(22,23)20-10-6-7-15(13-20)12-19-18(21)14-25-17-9-5-4-8-16(17)24-2/h4-5,8-9,15H,3,6-7,10-14H2,1-2H3,(H,19,21). The van der Waals surface area contributed by atoms with E-state index >= 15 is 0 Å². The van der Waals surface area contributed by atoms with Gasteiger partial charge in [-0.25, -0.2) is 12.7 Å². The van der Waals surface area contributed by atoms with Gasteiger partial charge in [0, 0.05) is 19.6 Å². The third-order valence-corrected chi connectivity index (χ3v) is 6.40. The topological polar surface area (TPSA) is 84.9 Å². The van der Waals surface area contributed by atoms with Crippen LogP contribution in [-0.2, 0) is 14.8 Å². The van der Waals surface area contributed by atoms with Crippen LogP contribution in [0.3, 0.4) is 0 Å². The first kappa shape index (κ1) is 20.5. The van der Waals surface area contributed by atoms with Gasteiger partial charge in [0.1, 0.15) is 0 Å². The third-order valence-electron chi connectivity index (χ3n) is 4.35. The van der Waals surface area contributed by atoms with Gasteiger partial charge in [-0.2, -0.15) is 0 Å². The summed E-state index contributed by atoms with van der Waals surface area (Å²) in [6, 6.07) is 7.14. The maximum atomic E-state index is 12.2. The number of nitrogens with zero attached hydrogens (tertiary/aromatic N) is 1. The van der Waals surface area contributed by atoms with Crippen LogP contribution in [0.15, 0.2) is 24.3 Å². The molecule has 8 heteroatoms. The molecular weight excluding hydrogens is 356 g/mol. The van der Waals surface area contributed by atoms with Crippen LogP contribution in [0.2, 0.25) is 0 Å². The van der Waals surface area contributed by atoms with Gasteiger partial charge in [-0.3, -0.25) is 4.79 Å². The maximum absolute atomic E-state index is 12.2. The second-order valence-electron chi connectivity index (χ2n) is 6.43. The first-order valence-corrected chi connectivity index (χ1v) is 10.6. The smallest absolute Gasteiger partial charge is 0.257 e. The van der Waals surface area contributed by atoms with Crippen LogP contribution in [0, 0.1) is 5.92 Å². The summed E-state index contributed by atoms with van der Waals surface area (Å²) in [6.07, 6.45) is 2.34. The minimum absolute atomic E-state index is 0.106. The number of nitrogens with one attached hydrogen (secondary N) is 1. The molecule has 0 saturated carbocycles. The average Bonchev–Trinajstić information content (AvgIpc) is 2.65. The van der Waals surface area contributed by atoms with E-state index in [-0.39, 0.29) is 24.2 Å². The van der Waals surface area contributed by atoms with Crippen LogP contribution in [-0.4, -0.2) is 57.7 Å². The van der Waals surface area contributed by atoms with E-state index in [1.54, 1.807) is 23.5 Å². The molecular formula is C18H28N2O5S. The molecule has 7 nitrogen and oxygen atoms in total. The van der Waals surface area contributed by atoms with Crippen LogP contribution in [0.4, 0.5) is 0 Å². The van der Waals surface area contributed by atoms with Gasteiger partial charge in [0.05, 0.1) is 12.9 Å². The average molecular weight is 384 g/mol. The Bertz CT molecular complexity index is 693. The molecule has 1 aliphatic rings. The highest BCUT2D eigenvalue weighted by Gasteiger charge is 2.28. The van der Waals surface area contributed by atoms with Crippen molar-refractivity contribution in [3.05, 3.63) is 24.3 Å². The van der Waals surface area contributed by atoms with E-state index in [2.05, 4.69) is 5.32 Å². The monoisotopic (exact) mass is 384 g/mol. The third kappa shape index (κ3) is 5.88. The van der Waals surface area contributed by atoms with E-state index in [0.29, 0.717) is 37.6 Å². The van der Waals surface area contributed by atoms with Crippen molar-refractivity contribution < 1.29 is 22.7 Å². The fourth-order valence-electron chi connectivity index (χ4n) is 3.02. The zero-order valence-corrected chi connectivity index (χ0v) is 16.3. The van der Waals surface area contributed by atoms with Crippen molar-refractivity contribution >= 4 is 15.9 Å². The maximum Gasteiger partial charge on any atom is 0.257 e. The molecule has 1 amide bonds. The molecule has 1 heterocycles. The Morgan fingerprint density at radius 2 is 2.04 bits per heavy atom. The summed E-state index contributed by atoms with van der Waals surface area (Å²) in [7, 11) is -1.63. The normalized spacial score (nSPS) is 18.3. The zero-order valence-electron chi connectivity index (χ0n) is 15.4. The number of methoxy groups -OCH3 is 1. The molecule has 1 unspecified atom stereocenters. The van der Waals surface area contributed by atoms with Gasteiger partial charge in [-0.1, -0.05) is 19.1 Å². The molecule has 0 spiro atoms. The molecule has 0 aromatic heterocycles. The molecule has 1 aromatic rings. The first-order valence-electron chi connectivity index (χ1n) is 8.96. The van der Waals surface area contributed by atoms with Crippen molar-refractivity contribution in [1.82, 2.24) is 9.62 Å². The quantitative estimate of drug-likeness (QED) is 0.700. The van der Waals surface area contributed by atoms with E-state index < -0.39 is 10.0 Å². The number of benzene rings is 1. The van der Waals surface area contributed by atoms with E-state index in [0.717, 1.165) is 12.8 Å². The Labute approximate surface area is 155 Å². The van der Waals surface area contributed by atoms with Gasteiger partial charge in [0.25, 0.3) is 5.91 Å². The molecule has 26 heavy (non-hydrogen) atoms. The molecule has 0 bridgehead atoms. The predicted octanol–water partition coefficient (Wildman–Crippen LogP) is 1.64. The van der Waals surface area contributed by atoms with Crippen molar-refractivity contribution in [2.24, 2.45) is 5.92 Å². The van der Waals surface area contributed by atoms with Crippen molar-refractivity contribution in [1.29, 1.82) is 0 Å². The van der Waals surface area contributed by atoms with Gasteiger partial charge in [0.2, 0.25) is 10.0 Å². The first-order chi connectivity index (χ1) is 12.5. The number of carbonyl (C=O) groups is 1. The van der Waals surface area contributed by atoms with E-state index in [4.69, 9.17) is 9.47 Å². The Balaban J connectivity index is 1.78. The highest BCUT2D eigenvalue weighted by molar-refractivity contribution is 7.89. The Morgan fingerprint density at radius 1 is 1.31 bits per heavy atom. The molecule has 146 valence electrons. The lowest BCUT2D eigenvalue weighted by Crippen LogP contribution is -2.44. The van der Waals surface area contributed by atoms with Crippen LogP contribution in [0.5, 0.6) is 11.5 Å². The highest BCUT2D eigenvalue weighted by atomic mass is 32.2. The molecule has 1 fully saturated rings. The van der Waals surface area contributed by atoms with E-state index in [1.807, 2.05) is 19.1 Å². The van der Waals surface area contributed by atoms with Crippen molar-refractivity contribution in [3.8, 4) is 11.5 Å². The number of ether oxygens (including phenoxy) is 2. The van der Waals surface area contributed by atoms with Crippen LogP contribution in [0.25, 0.3) is 0 Å². The Hall–Kier alpha value is -1.80. The van der Waals surface area contributed by atoms with Crippen molar-refractivity contribution in [2.75, 3.05) is 39.1 Å².